The molecule has 0 aliphatic heterocycles. The second kappa shape index (κ2) is 6.14. The molecule has 0 saturated heterocycles. The molecular formula is C13H15BrFNO3. The van der Waals surface area contributed by atoms with Crippen LogP contribution in [-0.2, 0) is 16.0 Å². The molecule has 2 N–H and O–H groups in total. The first-order valence-corrected chi connectivity index (χ1v) is 6.50. The van der Waals surface area contributed by atoms with Gasteiger partial charge in [0.1, 0.15) is 11.2 Å². The van der Waals surface area contributed by atoms with Gasteiger partial charge >= 0.3 is 5.97 Å². The lowest BCUT2D eigenvalue weighted by atomic mass is 9.92. The molecule has 0 spiro atoms. The first-order valence-electron chi connectivity index (χ1n) is 5.70. The Morgan fingerprint density at radius 3 is 2.63 bits per heavy atom. The molecule has 104 valence electrons. The Morgan fingerprint density at radius 1 is 1.42 bits per heavy atom. The average Bonchev–Trinajstić information content (AvgIpc) is 2.33. The molecular weight excluding hydrogens is 317 g/mol. The number of hydrogen-bond donors (Lipinski definition) is 2. The zero-order valence-corrected chi connectivity index (χ0v) is 12.3. The number of amides is 1. The highest BCUT2D eigenvalue weighted by atomic mass is 79.9. The molecule has 6 heteroatoms. The number of halogens is 2. The van der Waals surface area contributed by atoms with Gasteiger partial charge in [-0.15, -0.1) is 0 Å². The highest BCUT2D eigenvalue weighted by molar-refractivity contribution is 9.10. The molecule has 0 fully saturated rings. The van der Waals surface area contributed by atoms with Crippen LogP contribution in [0, 0.1) is 11.2 Å². The summed E-state index contributed by atoms with van der Waals surface area (Å²) >= 11 is 3.24. The summed E-state index contributed by atoms with van der Waals surface area (Å²) in [7, 11) is 0. The standard InChI is InChI=1S/C13H15BrFNO3/c1-13(2,12(18)19)11(17)16-6-5-8-7-9(14)3-4-10(8)15/h3-4,7H,5-6H2,1-2H3,(H,16,17)(H,18,19). The number of rotatable bonds is 5. The summed E-state index contributed by atoms with van der Waals surface area (Å²) < 4.78 is 14.2. The Balaban J connectivity index is 2.58. The van der Waals surface area contributed by atoms with Crippen LogP contribution in [0.2, 0.25) is 0 Å². The molecule has 0 heterocycles. The summed E-state index contributed by atoms with van der Waals surface area (Å²) in [6, 6.07) is 4.55. The zero-order valence-electron chi connectivity index (χ0n) is 10.7. The van der Waals surface area contributed by atoms with Crippen LogP contribution in [-0.4, -0.2) is 23.5 Å². The molecule has 0 aliphatic carbocycles. The maximum Gasteiger partial charge on any atom is 0.318 e. The van der Waals surface area contributed by atoms with Gasteiger partial charge in [0.25, 0.3) is 0 Å². The number of hydrogen-bond acceptors (Lipinski definition) is 2. The van der Waals surface area contributed by atoms with E-state index in [0.29, 0.717) is 12.0 Å². The van der Waals surface area contributed by atoms with Gasteiger partial charge < -0.3 is 10.4 Å². The average molecular weight is 332 g/mol. The quantitative estimate of drug-likeness (QED) is 0.814. The third-order valence-electron chi connectivity index (χ3n) is 2.79. The number of benzene rings is 1. The Morgan fingerprint density at radius 2 is 2.05 bits per heavy atom. The predicted molar refractivity (Wildman–Crippen MR) is 72.2 cm³/mol. The maximum absolute atomic E-state index is 13.4. The lowest BCUT2D eigenvalue weighted by Gasteiger charge is -2.18. The topological polar surface area (TPSA) is 66.4 Å². The van der Waals surface area contributed by atoms with Crippen molar-refractivity contribution < 1.29 is 19.1 Å². The van der Waals surface area contributed by atoms with E-state index in [1.807, 2.05) is 0 Å². The van der Waals surface area contributed by atoms with Crippen molar-refractivity contribution in [2.45, 2.75) is 20.3 Å². The third kappa shape index (κ3) is 4.02. The van der Waals surface area contributed by atoms with Gasteiger partial charge in [-0.25, -0.2) is 4.39 Å². The Hall–Kier alpha value is -1.43. The predicted octanol–water partition coefficient (Wildman–Crippen LogP) is 2.36. The monoisotopic (exact) mass is 331 g/mol. The van der Waals surface area contributed by atoms with Crippen molar-refractivity contribution in [3.63, 3.8) is 0 Å². The van der Waals surface area contributed by atoms with Gasteiger partial charge in [0.15, 0.2) is 0 Å². The minimum atomic E-state index is -1.49. The van der Waals surface area contributed by atoms with E-state index in [-0.39, 0.29) is 12.4 Å². The second-order valence-electron chi connectivity index (χ2n) is 4.67. The van der Waals surface area contributed by atoms with Gasteiger partial charge in [0.05, 0.1) is 0 Å². The van der Waals surface area contributed by atoms with E-state index in [9.17, 15) is 14.0 Å². The van der Waals surface area contributed by atoms with Crippen molar-refractivity contribution in [2.24, 2.45) is 5.41 Å². The van der Waals surface area contributed by atoms with Gasteiger partial charge in [-0.3, -0.25) is 9.59 Å². The number of carboxylic acid groups (broad SMARTS) is 1. The normalized spacial score (nSPS) is 11.2. The van der Waals surface area contributed by atoms with E-state index in [0.717, 1.165) is 4.47 Å². The summed E-state index contributed by atoms with van der Waals surface area (Å²) in [5.41, 5.74) is -1.03. The van der Waals surface area contributed by atoms with Crippen LogP contribution < -0.4 is 5.32 Å². The van der Waals surface area contributed by atoms with Crippen molar-refractivity contribution >= 4 is 27.8 Å². The van der Waals surface area contributed by atoms with Crippen molar-refractivity contribution in [3.05, 3.63) is 34.1 Å². The summed E-state index contributed by atoms with van der Waals surface area (Å²) in [6.45, 7) is 2.83. The van der Waals surface area contributed by atoms with E-state index in [4.69, 9.17) is 5.11 Å². The van der Waals surface area contributed by atoms with Crippen LogP contribution >= 0.6 is 15.9 Å². The number of nitrogens with one attached hydrogen (secondary N) is 1. The molecule has 0 aliphatic rings. The molecule has 0 bridgehead atoms. The first kappa shape index (κ1) is 15.6. The molecule has 0 unspecified atom stereocenters. The number of carboxylic acids is 1. The molecule has 0 radical (unpaired) electrons. The van der Waals surface area contributed by atoms with E-state index in [2.05, 4.69) is 21.2 Å². The highest BCUT2D eigenvalue weighted by Gasteiger charge is 2.35. The molecule has 4 nitrogen and oxygen atoms in total. The summed E-state index contributed by atoms with van der Waals surface area (Å²) in [5.74, 6) is -2.14. The Kier molecular flexibility index (Phi) is 5.05. The molecule has 1 aromatic rings. The van der Waals surface area contributed by atoms with Gasteiger partial charge in [0, 0.05) is 11.0 Å². The van der Waals surface area contributed by atoms with Crippen LogP contribution in [0.15, 0.2) is 22.7 Å². The minimum Gasteiger partial charge on any atom is -0.480 e. The van der Waals surface area contributed by atoms with E-state index in [1.54, 1.807) is 12.1 Å². The lowest BCUT2D eigenvalue weighted by molar-refractivity contribution is -0.153. The number of carbonyl (C=O) groups is 2. The van der Waals surface area contributed by atoms with Crippen LogP contribution in [0.5, 0.6) is 0 Å². The molecule has 0 aromatic heterocycles. The van der Waals surface area contributed by atoms with Crippen molar-refractivity contribution in [2.75, 3.05) is 6.54 Å². The fourth-order valence-corrected chi connectivity index (χ4v) is 1.77. The molecule has 1 rings (SSSR count). The number of carbonyl (C=O) groups excluding carboxylic acids is 1. The summed E-state index contributed by atoms with van der Waals surface area (Å²) in [4.78, 5) is 22.5. The van der Waals surface area contributed by atoms with Crippen molar-refractivity contribution in [1.82, 2.24) is 5.32 Å². The molecule has 1 aromatic carbocycles. The van der Waals surface area contributed by atoms with E-state index >= 15 is 0 Å². The second-order valence-corrected chi connectivity index (χ2v) is 5.59. The van der Waals surface area contributed by atoms with E-state index in [1.165, 1.54) is 19.9 Å². The molecule has 1 amide bonds. The fraction of sp³-hybridized carbons (Fsp3) is 0.385. The van der Waals surface area contributed by atoms with Gasteiger partial charge in [-0.05, 0) is 44.0 Å². The minimum absolute atomic E-state index is 0.183. The van der Waals surface area contributed by atoms with Gasteiger partial charge in [0.2, 0.25) is 5.91 Å². The maximum atomic E-state index is 13.4. The summed E-state index contributed by atoms with van der Waals surface area (Å²) in [5, 5.41) is 11.4. The third-order valence-corrected chi connectivity index (χ3v) is 3.28. The molecule has 0 saturated carbocycles. The van der Waals surface area contributed by atoms with Crippen molar-refractivity contribution in [3.8, 4) is 0 Å². The SMILES string of the molecule is CC(C)(C(=O)O)C(=O)NCCc1cc(Br)ccc1F. The lowest BCUT2D eigenvalue weighted by Crippen LogP contribution is -2.43. The molecule has 19 heavy (non-hydrogen) atoms. The highest BCUT2D eigenvalue weighted by Crippen LogP contribution is 2.17. The van der Waals surface area contributed by atoms with E-state index < -0.39 is 17.3 Å². The van der Waals surface area contributed by atoms with Crippen LogP contribution in [0.25, 0.3) is 0 Å². The largest absolute Gasteiger partial charge is 0.480 e. The van der Waals surface area contributed by atoms with Crippen LogP contribution in [0.4, 0.5) is 4.39 Å². The first-order chi connectivity index (χ1) is 8.75. The van der Waals surface area contributed by atoms with Crippen LogP contribution in [0.3, 0.4) is 0 Å². The Bertz CT molecular complexity index is 503. The zero-order chi connectivity index (χ0) is 14.6. The van der Waals surface area contributed by atoms with Crippen molar-refractivity contribution in [1.29, 1.82) is 0 Å². The van der Waals surface area contributed by atoms with Gasteiger partial charge in [-0.2, -0.15) is 0 Å². The molecule has 0 atom stereocenters. The van der Waals surface area contributed by atoms with Gasteiger partial charge in [-0.1, -0.05) is 15.9 Å². The fourth-order valence-electron chi connectivity index (χ4n) is 1.36. The smallest absolute Gasteiger partial charge is 0.318 e. The number of aliphatic carboxylic acids is 1. The van der Waals surface area contributed by atoms with Crippen LogP contribution in [0.1, 0.15) is 19.4 Å². The Labute approximate surface area is 119 Å². The summed E-state index contributed by atoms with van der Waals surface area (Å²) in [6.07, 6.45) is 0.298.